The fourth-order valence-electron chi connectivity index (χ4n) is 4.36. The van der Waals surface area contributed by atoms with Gasteiger partial charge in [-0.05, 0) is 24.3 Å². The smallest absolute Gasteiger partial charge is 0.321 e. The van der Waals surface area contributed by atoms with E-state index in [9.17, 15) is 14.4 Å². The first-order chi connectivity index (χ1) is 14.9. The fourth-order valence-corrected chi connectivity index (χ4v) is 4.36. The van der Waals surface area contributed by atoms with E-state index in [0.29, 0.717) is 39.2 Å². The number of piperazine rings is 1. The lowest BCUT2D eigenvalue weighted by atomic mass is 9.97. The number of rotatable bonds is 10. The van der Waals surface area contributed by atoms with Gasteiger partial charge in [-0.25, -0.2) is 4.79 Å². The van der Waals surface area contributed by atoms with E-state index in [2.05, 4.69) is 19.2 Å². The highest BCUT2D eigenvalue weighted by molar-refractivity contribution is 5.91. The molecule has 0 spiro atoms. The molecule has 0 aromatic heterocycles. The molecule has 31 heavy (non-hydrogen) atoms. The molecule has 1 N–H and O–H groups in total. The standard InChI is InChI=1S/C23H34N4O4/c1-17(2)13-20-22(29)25(11-12-31-3)14-19-15-26(23(30)27(19)20)16-21(28)24-10-9-18-7-5-4-6-8-18/h4-8,17,19-20H,9-16H2,1-3H3,(H,24,28)/t19-,20+/m1/s1. The average molecular weight is 431 g/mol. The summed E-state index contributed by atoms with van der Waals surface area (Å²) in [6.07, 6.45) is 1.36. The highest BCUT2D eigenvalue weighted by atomic mass is 16.5. The van der Waals surface area contributed by atoms with Crippen molar-refractivity contribution >= 4 is 17.8 Å². The molecule has 1 aromatic carbocycles. The number of hydrogen-bond donors (Lipinski definition) is 1. The number of carbonyl (C=O) groups is 3. The van der Waals surface area contributed by atoms with Crippen molar-refractivity contribution in [2.24, 2.45) is 5.92 Å². The van der Waals surface area contributed by atoms with E-state index < -0.39 is 6.04 Å². The van der Waals surface area contributed by atoms with Gasteiger partial charge in [-0.15, -0.1) is 0 Å². The molecule has 2 atom stereocenters. The Morgan fingerprint density at radius 3 is 2.55 bits per heavy atom. The Kier molecular flexibility index (Phi) is 7.90. The minimum atomic E-state index is -0.478. The van der Waals surface area contributed by atoms with Gasteiger partial charge in [0.2, 0.25) is 11.8 Å². The summed E-state index contributed by atoms with van der Waals surface area (Å²) in [6.45, 7) is 6.56. The summed E-state index contributed by atoms with van der Waals surface area (Å²) in [6, 6.07) is 9.17. The Balaban J connectivity index is 1.59. The Morgan fingerprint density at radius 2 is 1.87 bits per heavy atom. The van der Waals surface area contributed by atoms with E-state index in [1.165, 1.54) is 0 Å². The van der Waals surface area contributed by atoms with Crippen molar-refractivity contribution in [3.63, 3.8) is 0 Å². The van der Waals surface area contributed by atoms with Gasteiger partial charge in [0.25, 0.3) is 0 Å². The number of nitrogens with zero attached hydrogens (tertiary/aromatic N) is 3. The van der Waals surface area contributed by atoms with Gasteiger partial charge in [0.05, 0.1) is 12.6 Å². The van der Waals surface area contributed by atoms with E-state index in [0.717, 1.165) is 12.0 Å². The minimum absolute atomic E-state index is 0.0152. The van der Waals surface area contributed by atoms with Crippen LogP contribution in [0.15, 0.2) is 30.3 Å². The number of carbonyl (C=O) groups excluding carboxylic acids is 3. The summed E-state index contributed by atoms with van der Waals surface area (Å²) >= 11 is 0. The lowest BCUT2D eigenvalue weighted by Gasteiger charge is -2.42. The van der Waals surface area contributed by atoms with Crippen LogP contribution in [0.25, 0.3) is 0 Å². The van der Waals surface area contributed by atoms with Gasteiger partial charge in [-0.1, -0.05) is 44.2 Å². The Labute approximate surface area is 184 Å². The zero-order valence-corrected chi connectivity index (χ0v) is 18.8. The summed E-state index contributed by atoms with van der Waals surface area (Å²) in [4.78, 5) is 43.7. The molecule has 2 saturated heterocycles. The van der Waals surface area contributed by atoms with Crippen LogP contribution in [0.1, 0.15) is 25.8 Å². The Hall–Kier alpha value is -2.61. The third kappa shape index (κ3) is 5.76. The fraction of sp³-hybridized carbons (Fsp3) is 0.609. The summed E-state index contributed by atoms with van der Waals surface area (Å²) in [5, 5.41) is 2.90. The molecule has 2 heterocycles. The molecule has 0 radical (unpaired) electrons. The van der Waals surface area contributed by atoms with Crippen LogP contribution >= 0.6 is 0 Å². The van der Waals surface area contributed by atoms with E-state index in [4.69, 9.17) is 4.74 Å². The molecule has 4 amide bonds. The lowest BCUT2D eigenvalue weighted by molar-refractivity contribution is -0.143. The second kappa shape index (κ2) is 10.6. The summed E-state index contributed by atoms with van der Waals surface area (Å²) in [5.74, 6) is 0.0803. The largest absolute Gasteiger partial charge is 0.383 e. The molecule has 2 fully saturated rings. The van der Waals surface area contributed by atoms with E-state index in [-0.39, 0.29) is 36.3 Å². The Morgan fingerprint density at radius 1 is 1.16 bits per heavy atom. The third-order valence-corrected chi connectivity index (χ3v) is 5.85. The van der Waals surface area contributed by atoms with Gasteiger partial charge in [-0.3, -0.25) is 9.59 Å². The normalized spacial score (nSPS) is 21.1. The molecular formula is C23H34N4O4. The van der Waals surface area contributed by atoms with Crippen LogP contribution in [-0.2, 0) is 20.7 Å². The Bertz CT molecular complexity index is 770. The lowest BCUT2D eigenvalue weighted by Crippen LogP contribution is -2.61. The predicted molar refractivity (Wildman–Crippen MR) is 117 cm³/mol. The van der Waals surface area contributed by atoms with Gasteiger partial charge in [0.1, 0.15) is 12.6 Å². The molecule has 0 aliphatic carbocycles. The molecule has 2 aliphatic rings. The number of benzene rings is 1. The zero-order valence-electron chi connectivity index (χ0n) is 18.8. The van der Waals surface area contributed by atoms with Gasteiger partial charge in [0.15, 0.2) is 0 Å². The summed E-state index contributed by atoms with van der Waals surface area (Å²) in [5.41, 5.74) is 1.16. The van der Waals surface area contributed by atoms with Gasteiger partial charge >= 0.3 is 6.03 Å². The molecule has 1 aromatic rings. The number of methoxy groups -OCH3 is 1. The molecule has 8 heteroatoms. The number of urea groups is 1. The van der Waals surface area contributed by atoms with Crippen molar-refractivity contribution in [2.45, 2.75) is 38.8 Å². The average Bonchev–Trinajstić information content (AvgIpc) is 3.04. The maximum Gasteiger partial charge on any atom is 0.321 e. The molecule has 3 rings (SSSR count). The number of amides is 4. The zero-order chi connectivity index (χ0) is 22.4. The highest BCUT2D eigenvalue weighted by Crippen LogP contribution is 2.28. The quantitative estimate of drug-likeness (QED) is 0.608. The van der Waals surface area contributed by atoms with Crippen LogP contribution in [0.5, 0.6) is 0 Å². The van der Waals surface area contributed by atoms with Crippen molar-refractivity contribution < 1.29 is 19.1 Å². The van der Waals surface area contributed by atoms with Crippen LogP contribution in [0.4, 0.5) is 4.79 Å². The number of fused-ring (bicyclic) bond motifs is 1. The van der Waals surface area contributed by atoms with E-state index >= 15 is 0 Å². The van der Waals surface area contributed by atoms with Crippen molar-refractivity contribution in [1.82, 2.24) is 20.0 Å². The van der Waals surface area contributed by atoms with Crippen LogP contribution in [-0.4, -0.2) is 91.1 Å². The second-order valence-electron chi connectivity index (χ2n) is 8.73. The molecule has 170 valence electrons. The van der Waals surface area contributed by atoms with Crippen molar-refractivity contribution in [1.29, 1.82) is 0 Å². The van der Waals surface area contributed by atoms with E-state index in [1.807, 2.05) is 30.3 Å². The van der Waals surface area contributed by atoms with Gasteiger partial charge < -0.3 is 24.8 Å². The summed E-state index contributed by atoms with van der Waals surface area (Å²) < 4.78 is 5.15. The number of ether oxygens (including phenoxy) is 1. The van der Waals surface area contributed by atoms with Crippen LogP contribution in [0, 0.1) is 5.92 Å². The van der Waals surface area contributed by atoms with Crippen LogP contribution in [0.3, 0.4) is 0 Å². The minimum Gasteiger partial charge on any atom is -0.383 e. The first kappa shape index (κ1) is 23.1. The van der Waals surface area contributed by atoms with Gasteiger partial charge in [-0.2, -0.15) is 0 Å². The second-order valence-corrected chi connectivity index (χ2v) is 8.73. The first-order valence-corrected chi connectivity index (χ1v) is 11.1. The molecule has 0 bridgehead atoms. The molecule has 0 unspecified atom stereocenters. The van der Waals surface area contributed by atoms with Crippen LogP contribution in [0.2, 0.25) is 0 Å². The molecule has 2 aliphatic heterocycles. The molecule has 8 nitrogen and oxygen atoms in total. The topological polar surface area (TPSA) is 82.2 Å². The molecule has 0 saturated carbocycles. The highest BCUT2D eigenvalue weighted by Gasteiger charge is 2.49. The maximum atomic E-state index is 13.1. The maximum absolute atomic E-state index is 13.1. The van der Waals surface area contributed by atoms with Crippen LogP contribution < -0.4 is 5.32 Å². The summed E-state index contributed by atoms with van der Waals surface area (Å²) in [7, 11) is 1.61. The van der Waals surface area contributed by atoms with Crippen molar-refractivity contribution in [2.75, 3.05) is 46.4 Å². The van der Waals surface area contributed by atoms with Crippen molar-refractivity contribution in [3.05, 3.63) is 35.9 Å². The molecular weight excluding hydrogens is 396 g/mol. The first-order valence-electron chi connectivity index (χ1n) is 11.1. The predicted octanol–water partition coefficient (Wildman–Crippen LogP) is 1.35. The number of hydrogen-bond acceptors (Lipinski definition) is 4. The van der Waals surface area contributed by atoms with Crippen molar-refractivity contribution in [3.8, 4) is 0 Å². The van der Waals surface area contributed by atoms with Gasteiger partial charge in [0, 0.05) is 33.3 Å². The van der Waals surface area contributed by atoms with E-state index in [1.54, 1.807) is 21.8 Å². The SMILES string of the molecule is COCCN1C[C@@H]2CN(CC(=O)NCCc3ccccc3)C(=O)N2[C@@H](CC(C)C)C1=O. The number of nitrogens with one attached hydrogen (secondary N) is 1. The monoisotopic (exact) mass is 430 g/mol. The third-order valence-electron chi connectivity index (χ3n) is 5.85.